The van der Waals surface area contributed by atoms with Gasteiger partial charge in [0.2, 0.25) is 5.91 Å². The van der Waals surface area contributed by atoms with Crippen molar-refractivity contribution in [3.8, 4) is 5.75 Å². The Bertz CT molecular complexity index is 1140. The summed E-state index contributed by atoms with van der Waals surface area (Å²) < 4.78 is 15.6. The van der Waals surface area contributed by atoms with Gasteiger partial charge in [-0.05, 0) is 54.7 Å². The van der Waals surface area contributed by atoms with Gasteiger partial charge in [0.15, 0.2) is 0 Å². The van der Waals surface area contributed by atoms with Gasteiger partial charge in [0, 0.05) is 12.2 Å². The Kier molecular flexibility index (Phi) is 11.5. The summed E-state index contributed by atoms with van der Waals surface area (Å²) in [7, 11) is 1.56. The zero-order chi connectivity index (χ0) is 27.0. The van der Waals surface area contributed by atoms with E-state index in [1.54, 1.807) is 31.4 Å². The summed E-state index contributed by atoms with van der Waals surface area (Å²) in [6.07, 6.45) is 0.312. The van der Waals surface area contributed by atoms with E-state index >= 15 is 0 Å². The topological polar surface area (TPSA) is 115 Å². The second-order valence-electron chi connectivity index (χ2n) is 8.46. The Balaban J connectivity index is 1.46. The molecule has 0 bridgehead atoms. The standard InChI is InChI=1S/C29H33N3O6/c1-36-25-17-15-24(16-18-25)31-27(33)26(32-29(35)38-21-23-12-6-3-7-13-23)14-8-9-19-30-28(34)37-20-22-10-4-2-5-11-22/h2-7,10-13,15-18,26H,8-9,14,19-21H2,1H3,(H,30,34)(H,31,33)(H,32,35)/t26-/m0/s1. The summed E-state index contributed by atoms with van der Waals surface area (Å²) in [5, 5.41) is 8.17. The van der Waals surface area contributed by atoms with Crippen LogP contribution in [0.1, 0.15) is 30.4 Å². The number of hydrogen-bond acceptors (Lipinski definition) is 6. The van der Waals surface area contributed by atoms with Gasteiger partial charge in [0.25, 0.3) is 0 Å². The van der Waals surface area contributed by atoms with Crippen molar-refractivity contribution in [1.82, 2.24) is 10.6 Å². The number of carbonyl (C=O) groups excluding carboxylic acids is 3. The highest BCUT2D eigenvalue weighted by Gasteiger charge is 2.21. The van der Waals surface area contributed by atoms with Crippen LogP contribution in [0.2, 0.25) is 0 Å². The van der Waals surface area contributed by atoms with Crippen molar-refractivity contribution in [1.29, 1.82) is 0 Å². The van der Waals surface area contributed by atoms with Crippen molar-refractivity contribution in [2.75, 3.05) is 19.0 Å². The van der Waals surface area contributed by atoms with Crippen LogP contribution < -0.4 is 20.7 Å². The number of methoxy groups -OCH3 is 1. The molecule has 0 aromatic heterocycles. The van der Waals surface area contributed by atoms with Crippen LogP contribution in [0.4, 0.5) is 15.3 Å². The zero-order valence-electron chi connectivity index (χ0n) is 21.4. The molecule has 9 nitrogen and oxygen atoms in total. The molecule has 0 spiro atoms. The second kappa shape index (κ2) is 15.6. The van der Waals surface area contributed by atoms with E-state index in [1.807, 2.05) is 60.7 Å². The van der Waals surface area contributed by atoms with Crippen LogP contribution >= 0.6 is 0 Å². The molecule has 0 saturated carbocycles. The molecular weight excluding hydrogens is 486 g/mol. The molecule has 1 atom stereocenters. The summed E-state index contributed by atoms with van der Waals surface area (Å²) >= 11 is 0. The quantitative estimate of drug-likeness (QED) is 0.273. The van der Waals surface area contributed by atoms with Crippen molar-refractivity contribution >= 4 is 23.8 Å². The fraction of sp³-hybridized carbons (Fsp3) is 0.276. The molecule has 3 amide bonds. The van der Waals surface area contributed by atoms with Crippen molar-refractivity contribution in [3.05, 3.63) is 96.1 Å². The minimum absolute atomic E-state index is 0.0918. The van der Waals surface area contributed by atoms with Crippen molar-refractivity contribution in [2.45, 2.75) is 38.5 Å². The molecule has 0 aliphatic rings. The van der Waals surface area contributed by atoms with Gasteiger partial charge in [-0.3, -0.25) is 4.79 Å². The van der Waals surface area contributed by atoms with Crippen molar-refractivity contribution in [2.24, 2.45) is 0 Å². The number of benzene rings is 3. The fourth-order valence-electron chi connectivity index (χ4n) is 3.52. The van der Waals surface area contributed by atoms with E-state index < -0.39 is 18.2 Å². The fourth-order valence-corrected chi connectivity index (χ4v) is 3.52. The maximum absolute atomic E-state index is 13.0. The predicted molar refractivity (Wildman–Crippen MR) is 144 cm³/mol. The van der Waals surface area contributed by atoms with Crippen LogP contribution in [0, 0.1) is 0 Å². The molecule has 0 unspecified atom stereocenters. The van der Waals surface area contributed by atoms with Crippen LogP contribution in [-0.2, 0) is 27.5 Å². The van der Waals surface area contributed by atoms with Gasteiger partial charge >= 0.3 is 12.2 Å². The Hall–Kier alpha value is -4.53. The summed E-state index contributed by atoms with van der Waals surface area (Å²) in [6.45, 7) is 0.655. The number of carbonyl (C=O) groups is 3. The van der Waals surface area contributed by atoms with Gasteiger partial charge in [-0.2, -0.15) is 0 Å². The molecule has 200 valence electrons. The summed E-state index contributed by atoms with van der Waals surface area (Å²) in [4.78, 5) is 37.3. The molecule has 3 rings (SSSR count). The summed E-state index contributed by atoms with van der Waals surface area (Å²) in [5.74, 6) is 0.291. The Morgan fingerprint density at radius 3 is 1.89 bits per heavy atom. The molecule has 0 aliphatic heterocycles. The average Bonchev–Trinajstić information content (AvgIpc) is 2.95. The minimum atomic E-state index is -0.828. The Morgan fingerprint density at radius 2 is 1.32 bits per heavy atom. The first-order valence-corrected chi connectivity index (χ1v) is 12.4. The van der Waals surface area contributed by atoms with Gasteiger partial charge in [-0.1, -0.05) is 60.7 Å². The third kappa shape index (κ3) is 10.2. The first kappa shape index (κ1) is 28.0. The lowest BCUT2D eigenvalue weighted by atomic mass is 10.1. The van der Waals surface area contributed by atoms with Gasteiger partial charge in [-0.15, -0.1) is 0 Å². The molecule has 3 aromatic carbocycles. The lowest BCUT2D eigenvalue weighted by molar-refractivity contribution is -0.118. The van der Waals surface area contributed by atoms with E-state index in [1.165, 1.54) is 0 Å². The SMILES string of the molecule is COc1ccc(NC(=O)[C@H](CCCCNC(=O)OCc2ccccc2)NC(=O)OCc2ccccc2)cc1. The minimum Gasteiger partial charge on any atom is -0.497 e. The Morgan fingerprint density at radius 1 is 0.737 bits per heavy atom. The third-order valence-corrected chi connectivity index (χ3v) is 5.58. The van der Waals surface area contributed by atoms with Gasteiger partial charge in [0.05, 0.1) is 7.11 Å². The number of ether oxygens (including phenoxy) is 3. The van der Waals surface area contributed by atoms with E-state index in [2.05, 4.69) is 16.0 Å². The molecule has 3 N–H and O–H groups in total. The average molecular weight is 520 g/mol. The van der Waals surface area contributed by atoms with Gasteiger partial charge in [0.1, 0.15) is 25.0 Å². The van der Waals surface area contributed by atoms with E-state index in [-0.39, 0.29) is 19.1 Å². The normalized spacial score (nSPS) is 11.1. The number of nitrogens with one attached hydrogen (secondary N) is 3. The molecule has 0 fully saturated rings. The highest BCUT2D eigenvalue weighted by atomic mass is 16.6. The van der Waals surface area contributed by atoms with E-state index in [0.717, 1.165) is 11.1 Å². The first-order chi connectivity index (χ1) is 18.5. The van der Waals surface area contributed by atoms with E-state index in [4.69, 9.17) is 14.2 Å². The van der Waals surface area contributed by atoms with Gasteiger partial charge < -0.3 is 30.2 Å². The third-order valence-electron chi connectivity index (χ3n) is 5.58. The summed E-state index contributed by atoms with van der Waals surface area (Å²) in [6, 6.07) is 24.7. The molecule has 0 saturated heterocycles. The maximum Gasteiger partial charge on any atom is 0.408 e. The molecule has 38 heavy (non-hydrogen) atoms. The van der Waals surface area contributed by atoms with Crippen LogP contribution in [0.3, 0.4) is 0 Å². The van der Waals surface area contributed by atoms with Crippen LogP contribution in [0.15, 0.2) is 84.9 Å². The van der Waals surface area contributed by atoms with Crippen LogP contribution in [0.25, 0.3) is 0 Å². The molecule has 0 aliphatic carbocycles. The first-order valence-electron chi connectivity index (χ1n) is 12.4. The molecular formula is C29H33N3O6. The zero-order valence-corrected chi connectivity index (χ0v) is 21.4. The number of alkyl carbamates (subject to hydrolysis) is 2. The van der Waals surface area contributed by atoms with Crippen molar-refractivity contribution < 1.29 is 28.6 Å². The lowest BCUT2D eigenvalue weighted by Gasteiger charge is -2.18. The van der Waals surface area contributed by atoms with E-state index in [9.17, 15) is 14.4 Å². The smallest absolute Gasteiger partial charge is 0.408 e. The molecule has 0 radical (unpaired) electrons. The lowest BCUT2D eigenvalue weighted by Crippen LogP contribution is -2.44. The number of hydrogen-bond donors (Lipinski definition) is 3. The monoisotopic (exact) mass is 519 g/mol. The second-order valence-corrected chi connectivity index (χ2v) is 8.46. The number of rotatable bonds is 13. The highest BCUT2D eigenvalue weighted by Crippen LogP contribution is 2.16. The summed E-state index contributed by atoms with van der Waals surface area (Å²) in [5.41, 5.74) is 2.31. The number of anilines is 1. The molecule has 9 heteroatoms. The van der Waals surface area contributed by atoms with Gasteiger partial charge in [-0.25, -0.2) is 9.59 Å². The number of amides is 3. The Labute approximate surface area is 222 Å². The largest absolute Gasteiger partial charge is 0.497 e. The van der Waals surface area contributed by atoms with Crippen molar-refractivity contribution in [3.63, 3.8) is 0 Å². The molecule has 0 heterocycles. The number of unbranched alkanes of at least 4 members (excludes halogenated alkanes) is 1. The predicted octanol–water partition coefficient (Wildman–Crippen LogP) is 5.03. The van der Waals surface area contributed by atoms with Crippen LogP contribution in [-0.4, -0.2) is 37.8 Å². The molecule has 3 aromatic rings. The maximum atomic E-state index is 13.0. The van der Waals surface area contributed by atoms with E-state index in [0.29, 0.717) is 37.2 Å². The van der Waals surface area contributed by atoms with Crippen LogP contribution in [0.5, 0.6) is 5.75 Å². The highest BCUT2D eigenvalue weighted by molar-refractivity contribution is 5.96.